The van der Waals surface area contributed by atoms with Crippen molar-refractivity contribution >= 4 is 39.1 Å². The topological polar surface area (TPSA) is 46.2 Å². The van der Waals surface area contributed by atoms with Crippen molar-refractivity contribution in [1.82, 2.24) is 0 Å². The molecule has 1 N–H and O–H groups in total. The quantitative estimate of drug-likeness (QED) is 0.767. The van der Waals surface area contributed by atoms with Gasteiger partial charge in [0.1, 0.15) is 4.90 Å². The zero-order valence-electron chi connectivity index (χ0n) is 11.7. The minimum atomic E-state index is -4.66. The molecule has 9 heteroatoms. The van der Waals surface area contributed by atoms with Crippen LogP contribution in [0.4, 0.5) is 18.9 Å². The van der Waals surface area contributed by atoms with E-state index in [0.29, 0.717) is 6.07 Å². The summed E-state index contributed by atoms with van der Waals surface area (Å²) in [6.07, 6.45) is -2.80. The highest BCUT2D eigenvalue weighted by molar-refractivity contribution is 7.98. The highest BCUT2D eigenvalue weighted by Crippen LogP contribution is 2.34. The number of alkyl halides is 3. The lowest BCUT2D eigenvalue weighted by molar-refractivity contribution is -0.137. The van der Waals surface area contributed by atoms with Crippen LogP contribution >= 0.6 is 23.4 Å². The van der Waals surface area contributed by atoms with Crippen molar-refractivity contribution in [3.8, 4) is 0 Å². The molecule has 3 nitrogen and oxygen atoms in total. The zero-order valence-corrected chi connectivity index (χ0v) is 14.1. The molecule has 0 spiro atoms. The number of benzene rings is 2. The van der Waals surface area contributed by atoms with Crippen LogP contribution < -0.4 is 4.72 Å². The molecule has 0 amide bonds. The van der Waals surface area contributed by atoms with Crippen LogP contribution in [0.3, 0.4) is 0 Å². The third-order valence-electron chi connectivity index (χ3n) is 2.89. The van der Waals surface area contributed by atoms with Crippen LogP contribution in [0.5, 0.6) is 0 Å². The Bertz CT molecular complexity index is 806. The van der Waals surface area contributed by atoms with E-state index in [9.17, 15) is 21.6 Å². The van der Waals surface area contributed by atoms with E-state index in [2.05, 4.69) is 4.72 Å². The highest BCUT2D eigenvalue weighted by atomic mass is 35.5. The molecule has 0 unspecified atom stereocenters. The molecule has 0 aliphatic carbocycles. The Morgan fingerprint density at radius 2 is 1.70 bits per heavy atom. The molecule has 124 valence electrons. The largest absolute Gasteiger partial charge is 0.416 e. The molecule has 0 aliphatic heterocycles. The van der Waals surface area contributed by atoms with E-state index in [1.165, 1.54) is 23.9 Å². The molecule has 2 aromatic carbocycles. The van der Waals surface area contributed by atoms with Crippen LogP contribution in [0.2, 0.25) is 5.02 Å². The third-order valence-corrected chi connectivity index (χ3v) is 5.50. The van der Waals surface area contributed by atoms with Crippen molar-refractivity contribution < 1.29 is 21.6 Å². The summed E-state index contributed by atoms with van der Waals surface area (Å²) in [5.74, 6) is 0. The highest BCUT2D eigenvalue weighted by Gasteiger charge is 2.32. The minimum absolute atomic E-state index is 0.233. The van der Waals surface area contributed by atoms with Crippen LogP contribution in [0.25, 0.3) is 0 Å². The number of thioether (sulfide) groups is 1. The maximum Gasteiger partial charge on any atom is 0.416 e. The monoisotopic (exact) mass is 381 g/mol. The van der Waals surface area contributed by atoms with Crippen molar-refractivity contribution in [2.75, 3.05) is 11.0 Å². The first-order chi connectivity index (χ1) is 10.6. The summed E-state index contributed by atoms with van der Waals surface area (Å²) < 4.78 is 65.0. The third kappa shape index (κ3) is 4.33. The van der Waals surface area contributed by atoms with Crippen LogP contribution in [-0.2, 0) is 16.2 Å². The smallest absolute Gasteiger partial charge is 0.280 e. The van der Waals surface area contributed by atoms with Crippen molar-refractivity contribution in [3.05, 3.63) is 53.1 Å². The molecular weight excluding hydrogens is 371 g/mol. The van der Waals surface area contributed by atoms with Gasteiger partial charge in [-0.3, -0.25) is 4.72 Å². The molecule has 0 aliphatic rings. The molecule has 2 aromatic rings. The van der Waals surface area contributed by atoms with Crippen LogP contribution in [0.1, 0.15) is 5.56 Å². The van der Waals surface area contributed by atoms with Crippen LogP contribution in [0.15, 0.2) is 52.3 Å². The van der Waals surface area contributed by atoms with Crippen LogP contribution in [-0.4, -0.2) is 14.7 Å². The summed E-state index contributed by atoms with van der Waals surface area (Å²) >= 11 is 7.23. The number of anilines is 1. The van der Waals surface area contributed by atoms with E-state index in [4.69, 9.17) is 11.6 Å². The van der Waals surface area contributed by atoms with Gasteiger partial charge in [-0.15, -0.1) is 11.8 Å². The Balaban J connectivity index is 2.38. The molecule has 0 radical (unpaired) electrons. The maximum absolute atomic E-state index is 12.7. The van der Waals surface area contributed by atoms with Gasteiger partial charge in [0, 0.05) is 10.6 Å². The first kappa shape index (κ1) is 18.0. The van der Waals surface area contributed by atoms with E-state index < -0.39 is 26.7 Å². The lowest BCUT2D eigenvalue weighted by atomic mass is 10.2. The molecule has 0 saturated carbocycles. The number of nitrogens with one attached hydrogen (secondary N) is 1. The second-order valence-electron chi connectivity index (χ2n) is 4.48. The Morgan fingerprint density at radius 1 is 1.09 bits per heavy atom. The van der Waals surface area contributed by atoms with Crippen molar-refractivity contribution in [2.24, 2.45) is 0 Å². The maximum atomic E-state index is 12.7. The lowest BCUT2D eigenvalue weighted by Gasteiger charge is -2.12. The van der Waals surface area contributed by atoms with Crippen LogP contribution in [0, 0.1) is 0 Å². The van der Waals surface area contributed by atoms with Crippen molar-refractivity contribution in [2.45, 2.75) is 16.0 Å². The van der Waals surface area contributed by atoms with Crippen molar-refractivity contribution in [3.63, 3.8) is 0 Å². The second kappa shape index (κ2) is 6.62. The Hall–Kier alpha value is -1.38. The fourth-order valence-corrected chi connectivity index (χ4v) is 3.75. The molecule has 23 heavy (non-hydrogen) atoms. The molecular formula is C14H11ClF3NO2S2. The first-order valence-electron chi connectivity index (χ1n) is 6.17. The van der Waals surface area contributed by atoms with Gasteiger partial charge in [0.15, 0.2) is 0 Å². The van der Waals surface area contributed by atoms with E-state index >= 15 is 0 Å². The van der Waals surface area contributed by atoms with Crippen molar-refractivity contribution in [1.29, 1.82) is 0 Å². The fraction of sp³-hybridized carbons (Fsp3) is 0.143. The van der Waals surface area contributed by atoms with Gasteiger partial charge in [0.05, 0.1) is 10.6 Å². The summed E-state index contributed by atoms with van der Waals surface area (Å²) in [4.78, 5) is 0.299. The predicted molar refractivity (Wildman–Crippen MR) is 85.5 cm³/mol. The molecule has 2 rings (SSSR count). The van der Waals surface area contributed by atoms with E-state index in [-0.39, 0.29) is 10.7 Å². The predicted octanol–water partition coefficient (Wildman–Crippen LogP) is 4.88. The molecule has 0 atom stereocenters. The van der Waals surface area contributed by atoms with Gasteiger partial charge in [-0.1, -0.05) is 11.6 Å². The first-order valence-corrected chi connectivity index (χ1v) is 9.26. The number of hydrogen-bond donors (Lipinski definition) is 1. The van der Waals surface area contributed by atoms with Gasteiger partial charge in [-0.25, -0.2) is 8.42 Å². The Kier molecular flexibility index (Phi) is 5.17. The number of sulfonamides is 1. The molecule has 0 bridgehead atoms. The van der Waals surface area contributed by atoms with Gasteiger partial charge in [-0.2, -0.15) is 13.2 Å². The summed E-state index contributed by atoms with van der Waals surface area (Å²) in [6, 6.07) is 8.58. The average molecular weight is 382 g/mol. The van der Waals surface area contributed by atoms with E-state index in [1.54, 1.807) is 12.1 Å². The standard InChI is InChI=1S/C14H11ClF3NO2S2/c1-22-11-5-3-10(4-6-11)19-23(20,21)13-8-9(14(16,17)18)2-7-12(13)15/h2-8,19H,1H3. The summed E-state index contributed by atoms with van der Waals surface area (Å²) in [5, 5.41) is -0.286. The van der Waals surface area contributed by atoms with Gasteiger partial charge < -0.3 is 0 Å². The normalized spacial score (nSPS) is 12.2. The van der Waals surface area contributed by atoms with Gasteiger partial charge >= 0.3 is 6.18 Å². The molecule has 0 aromatic heterocycles. The summed E-state index contributed by atoms with van der Waals surface area (Å²) in [7, 11) is -4.24. The van der Waals surface area contributed by atoms with E-state index in [1.807, 2.05) is 6.26 Å². The van der Waals surface area contributed by atoms with Gasteiger partial charge in [0.2, 0.25) is 0 Å². The summed E-state index contributed by atoms with van der Waals surface area (Å²) in [6.45, 7) is 0. The van der Waals surface area contributed by atoms with E-state index in [0.717, 1.165) is 17.0 Å². The molecule has 0 heterocycles. The number of hydrogen-bond acceptors (Lipinski definition) is 3. The number of rotatable bonds is 4. The van der Waals surface area contributed by atoms with Gasteiger partial charge in [0.25, 0.3) is 10.0 Å². The van der Waals surface area contributed by atoms with Gasteiger partial charge in [-0.05, 0) is 48.7 Å². The fourth-order valence-electron chi connectivity index (χ4n) is 1.75. The minimum Gasteiger partial charge on any atom is -0.280 e. The Labute approximate surface area is 140 Å². The lowest BCUT2D eigenvalue weighted by Crippen LogP contribution is -2.15. The SMILES string of the molecule is CSc1ccc(NS(=O)(=O)c2cc(C(F)(F)F)ccc2Cl)cc1. The zero-order chi connectivity index (χ0) is 17.3. The number of halogens is 4. The summed E-state index contributed by atoms with van der Waals surface area (Å²) in [5.41, 5.74) is -0.851. The second-order valence-corrected chi connectivity index (χ2v) is 7.41. The Morgan fingerprint density at radius 3 is 2.22 bits per heavy atom. The average Bonchev–Trinajstić information content (AvgIpc) is 2.46. The molecule has 0 fully saturated rings. The molecule has 0 saturated heterocycles.